The Bertz CT molecular complexity index is 621. The molecule has 0 aromatic heterocycles. The van der Waals surface area contributed by atoms with Crippen LogP contribution in [0, 0.1) is 0 Å². The molecule has 3 nitrogen and oxygen atoms in total. The van der Waals surface area contributed by atoms with E-state index in [0.29, 0.717) is 6.42 Å². The van der Waals surface area contributed by atoms with Crippen LogP contribution >= 0.6 is 28.3 Å². The first kappa shape index (κ1) is 19.7. The first-order chi connectivity index (χ1) is 10.5. The van der Waals surface area contributed by atoms with E-state index in [0.717, 1.165) is 16.5 Å². The zero-order chi connectivity index (χ0) is 15.9. The zero-order valence-corrected chi connectivity index (χ0v) is 15.4. The molecular weight excluding hydrogens is 376 g/mol. The summed E-state index contributed by atoms with van der Waals surface area (Å²) in [6.45, 7) is 2.01. The lowest BCUT2D eigenvalue weighted by Gasteiger charge is -2.17. The molecule has 2 rings (SSSR count). The Morgan fingerprint density at radius 1 is 1.17 bits per heavy atom. The van der Waals surface area contributed by atoms with Gasteiger partial charge < -0.3 is 11.1 Å². The molecule has 0 aliphatic carbocycles. The third-order valence-electron chi connectivity index (χ3n) is 3.47. The Balaban J connectivity index is 0.00000264. The van der Waals surface area contributed by atoms with E-state index in [-0.39, 0.29) is 30.4 Å². The van der Waals surface area contributed by atoms with Gasteiger partial charge in [-0.05, 0) is 36.6 Å². The standard InChI is InChI=1S/C18H21BrN2O.ClH/c1-13(10-14-6-5-9-16(19)11-14)21-18(22)12-17(20)15-7-3-2-4-8-15;/h2-9,11,13,17H,10,12,20H2,1H3,(H,21,22);1H. The van der Waals surface area contributed by atoms with Crippen molar-refractivity contribution in [1.82, 2.24) is 5.32 Å². The highest BCUT2D eigenvalue weighted by molar-refractivity contribution is 9.10. The molecule has 0 aliphatic rings. The molecule has 0 fully saturated rings. The Morgan fingerprint density at radius 3 is 2.52 bits per heavy atom. The van der Waals surface area contributed by atoms with Crippen molar-refractivity contribution >= 4 is 34.2 Å². The fourth-order valence-corrected chi connectivity index (χ4v) is 2.87. The van der Waals surface area contributed by atoms with E-state index in [9.17, 15) is 4.79 Å². The summed E-state index contributed by atoms with van der Waals surface area (Å²) in [5, 5.41) is 3.01. The summed E-state index contributed by atoms with van der Waals surface area (Å²) in [6, 6.07) is 17.6. The molecule has 0 radical (unpaired) electrons. The van der Waals surface area contributed by atoms with E-state index < -0.39 is 0 Å². The van der Waals surface area contributed by atoms with E-state index in [2.05, 4.69) is 33.4 Å². The van der Waals surface area contributed by atoms with Crippen LogP contribution < -0.4 is 11.1 Å². The van der Waals surface area contributed by atoms with Gasteiger partial charge in [0.25, 0.3) is 0 Å². The van der Waals surface area contributed by atoms with Crippen LogP contribution in [0.4, 0.5) is 0 Å². The van der Waals surface area contributed by atoms with E-state index >= 15 is 0 Å². The molecule has 2 aromatic carbocycles. The summed E-state index contributed by atoms with van der Waals surface area (Å²) in [7, 11) is 0. The lowest BCUT2D eigenvalue weighted by atomic mass is 10.0. The molecule has 0 spiro atoms. The summed E-state index contributed by atoms with van der Waals surface area (Å²) < 4.78 is 1.05. The Morgan fingerprint density at radius 2 is 1.87 bits per heavy atom. The highest BCUT2D eigenvalue weighted by atomic mass is 79.9. The molecule has 0 aliphatic heterocycles. The maximum Gasteiger partial charge on any atom is 0.222 e. The molecule has 0 saturated carbocycles. The van der Waals surface area contributed by atoms with Gasteiger partial charge >= 0.3 is 0 Å². The molecular formula is C18H22BrClN2O. The Kier molecular flexibility index (Phi) is 8.31. The van der Waals surface area contributed by atoms with Crippen LogP contribution in [-0.4, -0.2) is 11.9 Å². The average molecular weight is 398 g/mol. The minimum absolute atomic E-state index is 0. The first-order valence-electron chi connectivity index (χ1n) is 7.39. The summed E-state index contributed by atoms with van der Waals surface area (Å²) in [6.07, 6.45) is 1.10. The Hall–Kier alpha value is -1.36. The van der Waals surface area contributed by atoms with Crippen molar-refractivity contribution < 1.29 is 4.79 Å². The van der Waals surface area contributed by atoms with Crippen molar-refractivity contribution in [2.24, 2.45) is 5.73 Å². The Labute approximate surface area is 152 Å². The fourth-order valence-electron chi connectivity index (χ4n) is 2.42. The SMILES string of the molecule is CC(Cc1cccc(Br)c1)NC(=O)CC(N)c1ccccc1.Cl. The van der Waals surface area contributed by atoms with Crippen molar-refractivity contribution in [1.29, 1.82) is 0 Å². The van der Waals surface area contributed by atoms with E-state index in [4.69, 9.17) is 5.73 Å². The predicted molar refractivity (Wildman–Crippen MR) is 101 cm³/mol. The van der Waals surface area contributed by atoms with Gasteiger partial charge in [0.2, 0.25) is 5.91 Å². The second kappa shape index (κ2) is 9.71. The lowest BCUT2D eigenvalue weighted by Crippen LogP contribution is -2.35. The summed E-state index contributed by atoms with van der Waals surface area (Å²) in [5.41, 5.74) is 8.25. The normalized spacial score (nSPS) is 12.8. The zero-order valence-electron chi connectivity index (χ0n) is 13.0. The third kappa shape index (κ3) is 6.73. The number of hydrogen-bond donors (Lipinski definition) is 2. The van der Waals surface area contributed by atoms with Gasteiger partial charge in [-0.3, -0.25) is 4.79 Å². The minimum atomic E-state index is -0.265. The number of rotatable bonds is 6. The fraction of sp³-hybridized carbons (Fsp3) is 0.278. The van der Waals surface area contributed by atoms with E-state index in [1.165, 1.54) is 5.56 Å². The number of amides is 1. The molecule has 23 heavy (non-hydrogen) atoms. The largest absolute Gasteiger partial charge is 0.353 e. The van der Waals surface area contributed by atoms with Gasteiger partial charge in [0.1, 0.15) is 0 Å². The monoisotopic (exact) mass is 396 g/mol. The predicted octanol–water partition coefficient (Wildman–Crippen LogP) is 4.01. The summed E-state index contributed by atoms with van der Waals surface area (Å²) >= 11 is 3.46. The molecule has 5 heteroatoms. The van der Waals surface area contributed by atoms with Crippen LogP contribution in [-0.2, 0) is 11.2 Å². The van der Waals surface area contributed by atoms with Crippen LogP contribution in [0.3, 0.4) is 0 Å². The van der Waals surface area contributed by atoms with Crippen molar-refractivity contribution in [2.45, 2.75) is 31.8 Å². The number of nitrogens with one attached hydrogen (secondary N) is 1. The number of hydrogen-bond acceptors (Lipinski definition) is 2. The van der Waals surface area contributed by atoms with Crippen molar-refractivity contribution in [3.8, 4) is 0 Å². The van der Waals surface area contributed by atoms with Crippen molar-refractivity contribution in [2.75, 3.05) is 0 Å². The van der Waals surface area contributed by atoms with Crippen molar-refractivity contribution in [3.05, 3.63) is 70.2 Å². The summed E-state index contributed by atoms with van der Waals surface area (Å²) in [5.74, 6) is -0.0150. The second-order valence-electron chi connectivity index (χ2n) is 5.52. The van der Waals surface area contributed by atoms with Crippen LogP contribution in [0.25, 0.3) is 0 Å². The molecule has 0 saturated heterocycles. The maximum absolute atomic E-state index is 12.1. The minimum Gasteiger partial charge on any atom is -0.353 e. The number of benzene rings is 2. The van der Waals surface area contributed by atoms with Gasteiger partial charge in [0.15, 0.2) is 0 Å². The summed E-state index contributed by atoms with van der Waals surface area (Å²) in [4.78, 5) is 12.1. The molecule has 1 amide bonds. The topological polar surface area (TPSA) is 55.1 Å². The molecule has 0 bridgehead atoms. The van der Waals surface area contributed by atoms with Crippen LogP contribution in [0.1, 0.15) is 30.5 Å². The van der Waals surface area contributed by atoms with Gasteiger partial charge in [-0.1, -0.05) is 58.4 Å². The van der Waals surface area contributed by atoms with Crippen LogP contribution in [0.15, 0.2) is 59.1 Å². The molecule has 124 valence electrons. The molecule has 0 heterocycles. The van der Waals surface area contributed by atoms with E-state index in [1.807, 2.05) is 49.4 Å². The first-order valence-corrected chi connectivity index (χ1v) is 8.18. The number of carbonyl (C=O) groups excluding carboxylic acids is 1. The quantitative estimate of drug-likeness (QED) is 0.774. The molecule has 3 N–H and O–H groups in total. The third-order valence-corrected chi connectivity index (χ3v) is 3.96. The number of halogens is 2. The highest BCUT2D eigenvalue weighted by Crippen LogP contribution is 2.15. The van der Waals surface area contributed by atoms with Gasteiger partial charge in [-0.2, -0.15) is 0 Å². The highest BCUT2D eigenvalue weighted by Gasteiger charge is 2.13. The van der Waals surface area contributed by atoms with Gasteiger partial charge in [-0.15, -0.1) is 12.4 Å². The molecule has 2 atom stereocenters. The maximum atomic E-state index is 12.1. The lowest BCUT2D eigenvalue weighted by molar-refractivity contribution is -0.122. The molecule has 2 aromatic rings. The van der Waals surface area contributed by atoms with Crippen molar-refractivity contribution in [3.63, 3.8) is 0 Å². The van der Waals surface area contributed by atoms with Gasteiger partial charge in [-0.25, -0.2) is 0 Å². The average Bonchev–Trinajstić information content (AvgIpc) is 2.47. The van der Waals surface area contributed by atoms with Crippen LogP contribution in [0.5, 0.6) is 0 Å². The smallest absolute Gasteiger partial charge is 0.222 e. The van der Waals surface area contributed by atoms with Gasteiger partial charge in [0, 0.05) is 23.0 Å². The molecule has 2 unspecified atom stereocenters. The number of nitrogens with two attached hydrogens (primary N) is 1. The van der Waals surface area contributed by atoms with Gasteiger partial charge in [0.05, 0.1) is 0 Å². The number of carbonyl (C=O) groups is 1. The second-order valence-corrected chi connectivity index (χ2v) is 6.44. The van der Waals surface area contributed by atoms with Crippen LogP contribution in [0.2, 0.25) is 0 Å². The van der Waals surface area contributed by atoms with E-state index in [1.54, 1.807) is 0 Å².